The van der Waals surface area contributed by atoms with Crippen molar-refractivity contribution in [1.82, 2.24) is 0 Å². The number of methoxy groups -OCH3 is 1. The molecule has 15 heavy (non-hydrogen) atoms. The van der Waals surface area contributed by atoms with Crippen molar-refractivity contribution in [3.8, 4) is 5.75 Å². The van der Waals surface area contributed by atoms with Gasteiger partial charge in [-0.25, -0.2) is 0 Å². The summed E-state index contributed by atoms with van der Waals surface area (Å²) in [6, 6.07) is 2.16. The van der Waals surface area contributed by atoms with Crippen LogP contribution >= 0.6 is 0 Å². The van der Waals surface area contributed by atoms with Gasteiger partial charge in [0.25, 0.3) is 0 Å². The molecule has 0 amide bonds. The van der Waals surface area contributed by atoms with Gasteiger partial charge in [0.05, 0.1) is 12.8 Å². The van der Waals surface area contributed by atoms with Gasteiger partial charge >= 0.3 is 0 Å². The summed E-state index contributed by atoms with van der Waals surface area (Å²) in [5, 5.41) is 3.30. The molecule has 0 aliphatic heterocycles. The van der Waals surface area contributed by atoms with E-state index in [4.69, 9.17) is 10.5 Å². The Morgan fingerprint density at radius 2 is 1.93 bits per heavy atom. The van der Waals surface area contributed by atoms with E-state index in [1.54, 1.807) is 7.11 Å². The summed E-state index contributed by atoms with van der Waals surface area (Å²) < 4.78 is 5.43. The molecule has 0 saturated heterocycles. The van der Waals surface area contributed by atoms with Crippen LogP contribution in [-0.4, -0.2) is 20.2 Å². The Bertz CT molecular complexity index is 348. The van der Waals surface area contributed by atoms with Crippen molar-refractivity contribution in [2.45, 2.75) is 20.8 Å². The summed E-state index contributed by atoms with van der Waals surface area (Å²) >= 11 is 0. The molecule has 3 heteroatoms. The fourth-order valence-corrected chi connectivity index (χ4v) is 1.72. The first-order valence-electron chi connectivity index (χ1n) is 5.20. The lowest BCUT2D eigenvalue weighted by Gasteiger charge is -2.17. The third kappa shape index (κ3) is 2.42. The largest absolute Gasteiger partial charge is 0.494 e. The molecule has 84 valence electrons. The second kappa shape index (κ2) is 5.03. The predicted octanol–water partition coefficient (Wildman–Crippen LogP) is 1.99. The van der Waals surface area contributed by atoms with Crippen LogP contribution in [0, 0.1) is 20.8 Å². The fraction of sp³-hybridized carbons (Fsp3) is 0.500. The Balaban J connectivity index is 3.16. The first kappa shape index (κ1) is 11.9. The molecule has 0 aromatic heterocycles. The highest BCUT2D eigenvalue weighted by Crippen LogP contribution is 2.33. The SMILES string of the molecule is COc1c(C)c(C)cc(C)c1NCCN. The van der Waals surface area contributed by atoms with Crippen LogP contribution in [0.2, 0.25) is 0 Å². The van der Waals surface area contributed by atoms with Crippen LogP contribution in [0.15, 0.2) is 6.07 Å². The molecule has 0 atom stereocenters. The van der Waals surface area contributed by atoms with Crippen LogP contribution in [0.1, 0.15) is 16.7 Å². The third-order valence-electron chi connectivity index (χ3n) is 2.64. The average Bonchev–Trinajstić information content (AvgIpc) is 2.21. The van der Waals surface area contributed by atoms with Crippen LogP contribution in [0.25, 0.3) is 0 Å². The molecular formula is C12H20N2O. The number of anilines is 1. The summed E-state index contributed by atoms with van der Waals surface area (Å²) in [6.07, 6.45) is 0. The molecule has 0 unspecified atom stereocenters. The van der Waals surface area contributed by atoms with Gasteiger partial charge in [-0.05, 0) is 37.5 Å². The van der Waals surface area contributed by atoms with Gasteiger partial charge in [-0.2, -0.15) is 0 Å². The van der Waals surface area contributed by atoms with Crippen molar-refractivity contribution < 1.29 is 4.74 Å². The van der Waals surface area contributed by atoms with Crippen LogP contribution in [0.5, 0.6) is 5.75 Å². The van der Waals surface area contributed by atoms with Crippen molar-refractivity contribution in [1.29, 1.82) is 0 Å². The molecule has 3 N–H and O–H groups in total. The van der Waals surface area contributed by atoms with E-state index in [9.17, 15) is 0 Å². The summed E-state index contributed by atoms with van der Waals surface area (Å²) in [5.74, 6) is 0.931. The summed E-state index contributed by atoms with van der Waals surface area (Å²) in [6.45, 7) is 7.63. The summed E-state index contributed by atoms with van der Waals surface area (Å²) in [7, 11) is 1.70. The van der Waals surface area contributed by atoms with E-state index in [1.807, 2.05) is 0 Å². The van der Waals surface area contributed by atoms with Crippen LogP contribution in [-0.2, 0) is 0 Å². The zero-order valence-corrected chi connectivity index (χ0v) is 9.98. The highest BCUT2D eigenvalue weighted by atomic mass is 16.5. The average molecular weight is 208 g/mol. The number of aryl methyl sites for hydroxylation is 2. The van der Waals surface area contributed by atoms with Gasteiger partial charge in [-0.3, -0.25) is 0 Å². The first-order valence-corrected chi connectivity index (χ1v) is 5.20. The van der Waals surface area contributed by atoms with Crippen LogP contribution in [0.3, 0.4) is 0 Å². The minimum Gasteiger partial charge on any atom is -0.494 e. The van der Waals surface area contributed by atoms with Gasteiger partial charge in [0.15, 0.2) is 0 Å². The van der Waals surface area contributed by atoms with Gasteiger partial charge in [0.1, 0.15) is 5.75 Å². The van der Waals surface area contributed by atoms with E-state index in [0.717, 1.165) is 18.0 Å². The van der Waals surface area contributed by atoms with E-state index in [2.05, 4.69) is 32.2 Å². The molecule has 0 saturated carbocycles. The Morgan fingerprint density at radius 3 is 2.47 bits per heavy atom. The minimum absolute atomic E-state index is 0.621. The Labute approximate surface area is 91.6 Å². The predicted molar refractivity (Wildman–Crippen MR) is 64.7 cm³/mol. The van der Waals surface area contributed by atoms with Gasteiger partial charge in [0, 0.05) is 13.1 Å². The molecule has 1 rings (SSSR count). The maximum atomic E-state index is 5.48. The highest BCUT2D eigenvalue weighted by molar-refractivity contribution is 5.66. The molecule has 1 aromatic rings. The topological polar surface area (TPSA) is 47.3 Å². The zero-order chi connectivity index (χ0) is 11.4. The number of hydrogen-bond donors (Lipinski definition) is 2. The lowest BCUT2D eigenvalue weighted by Crippen LogP contribution is -2.14. The fourth-order valence-electron chi connectivity index (χ4n) is 1.72. The monoisotopic (exact) mass is 208 g/mol. The first-order chi connectivity index (χ1) is 7.11. The summed E-state index contributed by atoms with van der Waals surface area (Å²) in [4.78, 5) is 0. The van der Waals surface area contributed by atoms with E-state index >= 15 is 0 Å². The van der Waals surface area contributed by atoms with Crippen molar-refractivity contribution in [3.05, 3.63) is 22.8 Å². The summed E-state index contributed by atoms with van der Waals surface area (Å²) in [5.41, 5.74) is 10.2. The standard InChI is InChI=1S/C12H20N2O/c1-8-7-9(2)11(14-6-5-13)12(15-4)10(8)3/h7,14H,5-6,13H2,1-4H3. The van der Waals surface area contributed by atoms with Crippen LogP contribution in [0.4, 0.5) is 5.69 Å². The number of nitrogens with one attached hydrogen (secondary N) is 1. The Morgan fingerprint density at radius 1 is 1.27 bits per heavy atom. The number of rotatable bonds is 4. The lowest BCUT2D eigenvalue weighted by atomic mass is 10.0. The Hall–Kier alpha value is -1.22. The highest BCUT2D eigenvalue weighted by Gasteiger charge is 2.11. The molecule has 0 aliphatic rings. The second-order valence-electron chi connectivity index (χ2n) is 3.76. The van der Waals surface area contributed by atoms with Crippen LogP contribution < -0.4 is 15.8 Å². The molecule has 0 spiro atoms. The normalized spacial score (nSPS) is 10.2. The Kier molecular flexibility index (Phi) is 3.97. The molecule has 0 bridgehead atoms. The number of nitrogens with two attached hydrogens (primary N) is 1. The van der Waals surface area contributed by atoms with E-state index in [-0.39, 0.29) is 0 Å². The number of ether oxygens (including phenoxy) is 1. The smallest absolute Gasteiger partial charge is 0.145 e. The number of hydrogen-bond acceptors (Lipinski definition) is 3. The minimum atomic E-state index is 0.621. The molecule has 0 aliphatic carbocycles. The number of benzene rings is 1. The van der Waals surface area contributed by atoms with Crippen molar-refractivity contribution in [2.75, 3.05) is 25.5 Å². The second-order valence-corrected chi connectivity index (χ2v) is 3.76. The van der Waals surface area contributed by atoms with Gasteiger partial charge in [-0.1, -0.05) is 6.07 Å². The molecule has 0 heterocycles. The van der Waals surface area contributed by atoms with Crippen molar-refractivity contribution >= 4 is 5.69 Å². The molecule has 0 fully saturated rings. The van der Waals surface area contributed by atoms with E-state index < -0.39 is 0 Å². The van der Waals surface area contributed by atoms with E-state index in [1.165, 1.54) is 16.7 Å². The lowest BCUT2D eigenvalue weighted by molar-refractivity contribution is 0.412. The van der Waals surface area contributed by atoms with Crippen molar-refractivity contribution in [3.63, 3.8) is 0 Å². The van der Waals surface area contributed by atoms with Crippen molar-refractivity contribution in [2.24, 2.45) is 5.73 Å². The maximum absolute atomic E-state index is 5.48. The molecule has 0 radical (unpaired) electrons. The quantitative estimate of drug-likeness (QED) is 0.795. The van der Waals surface area contributed by atoms with E-state index in [0.29, 0.717) is 6.54 Å². The zero-order valence-electron chi connectivity index (χ0n) is 9.98. The molecular weight excluding hydrogens is 188 g/mol. The third-order valence-corrected chi connectivity index (χ3v) is 2.64. The maximum Gasteiger partial charge on any atom is 0.145 e. The van der Waals surface area contributed by atoms with Gasteiger partial charge in [0.2, 0.25) is 0 Å². The van der Waals surface area contributed by atoms with Gasteiger partial charge in [-0.15, -0.1) is 0 Å². The van der Waals surface area contributed by atoms with Gasteiger partial charge < -0.3 is 15.8 Å². The molecule has 1 aromatic carbocycles. The molecule has 3 nitrogen and oxygen atoms in total.